The molecule has 4 rings (SSSR count). The van der Waals surface area contributed by atoms with Crippen molar-refractivity contribution >= 4 is 11.6 Å². The van der Waals surface area contributed by atoms with Crippen molar-refractivity contribution in [2.45, 2.75) is 66.5 Å². The molecule has 38 heavy (non-hydrogen) atoms. The van der Waals surface area contributed by atoms with E-state index < -0.39 is 0 Å². The van der Waals surface area contributed by atoms with E-state index in [-0.39, 0.29) is 11.3 Å². The van der Waals surface area contributed by atoms with Crippen molar-refractivity contribution < 1.29 is 9.53 Å². The van der Waals surface area contributed by atoms with Crippen LogP contribution in [0.5, 0.6) is 5.75 Å². The van der Waals surface area contributed by atoms with Crippen LogP contribution in [0.4, 0.5) is 5.69 Å². The summed E-state index contributed by atoms with van der Waals surface area (Å²) in [6.45, 7) is 15.2. The summed E-state index contributed by atoms with van der Waals surface area (Å²) in [5.41, 5.74) is 7.38. The molecule has 3 N–H and O–H groups in total. The first-order valence-corrected chi connectivity index (χ1v) is 12.8. The first kappa shape index (κ1) is 27.1. The summed E-state index contributed by atoms with van der Waals surface area (Å²) in [5.74, 6) is 0.640. The molecule has 200 valence electrons. The third-order valence-corrected chi connectivity index (χ3v) is 6.45. The Kier molecular flexibility index (Phi) is 7.68. The molecule has 9 nitrogen and oxygen atoms in total. The number of nitrogens with zero attached hydrogens (tertiary/aromatic N) is 4. The third-order valence-electron chi connectivity index (χ3n) is 6.45. The van der Waals surface area contributed by atoms with E-state index in [1.165, 1.54) is 0 Å². The predicted octanol–water partition coefficient (Wildman–Crippen LogP) is 5.33. The van der Waals surface area contributed by atoms with Gasteiger partial charge in [0.05, 0.1) is 25.2 Å². The maximum absolute atomic E-state index is 13.4. The number of aromatic amines is 1. The van der Waals surface area contributed by atoms with Gasteiger partial charge < -0.3 is 15.4 Å². The number of H-pyrrole nitrogens is 1. The summed E-state index contributed by atoms with van der Waals surface area (Å²) >= 11 is 0. The average Bonchev–Trinajstić information content (AvgIpc) is 3.51. The lowest BCUT2D eigenvalue weighted by Crippen LogP contribution is -2.23. The number of hydrogen-bond donors (Lipinski definition) is 3. The number of aryl methyl sites for hydroxylation is 2. The van der Waals surface area contributed by atoms with Gasteiger partial charge in [-0.1, -0.05) is 45.9 Å². The lowest BCUT2D eigenvalue weighted by molar-refractivity contribution is 0.102. The highest BCUT2D eigenvalue weighted by Gasteiger charge is 2.23. The Balaban J connectivity index is 1.65. The van der Waals surface area contributed by atoms with Crippen LogP contribution < -0.4 is 15.4 Å². The molecule has 0 atom stereocenters. The van der Waals surface area contributed by atoms with Crippen molar-refractivity contribution in [3.8, 4) is 22.7 Å². The molecule has 2 aromatic carbocycles. The summed E-state index contributed by atoms with van der Waals surface area (Å²) < 4.78 is 7.51. The van der Waals surface area contributed by atoms with Crippen LogP contribution in [0.1, 0.15) is 67.4 Å². The van der Waals surface area contributed by atoms with Crippen LogP contribution in [0.3, 0.4) is 0 Å². The number of carbonyl (C=O) groups is 1. The van der Waals surface area contributed by atoms with Gasteiger partial charge in [-0.05, 0) is 49.1 Å². The largest absolute Gasteiger partial charge is 0.496 e. The smallest absolute Gasteiger partial charge is 0.255 e. The Morgan fingerprint density at radius 1 is 1.16 bits per heavy atom. The van der Waals surface area contributed by atoms with Gasteiger partial charge in [-0.3, -0.25) is 9.89 Å². The summed E-state index contributed by atoms with van der Waals surface area (Å²) in [4.78, 5) is 13.4. The molecule has 0 spiro atoms. The highest BCUT2D eigenvalue weighted by Crippen LogP contribution is 2.37. The molecule has 4 aromatic rings. The molecule has 0 bridgehead atoms. The van der Waals surface area contributed by atoms with E-state index >= 15 is 0 Å². The maximum atomic E-state index is 13.4. The zero-order valence-corrected chi connectivity index (χ0v) is 23.4. The molecule has 0 fully saturated rings. The highest BCUT2D eigenvalue weighted by molar-refractivity contribution is 6.04. The Hall–Kier alpha value is -3.98. The van der Waals surface area contributed by atoms with Gasteiger partial charge in [0, 0.05) is 46.2 Å². The quantitative estimate of drug-likeness (QED) is 0.293. The minimum atomic E-state index is -0.204. The number of carbonyl (C=O) groups excluding carboxylic acids is 1. The van der Waals surface area contributed by atoms with Crippen molar-refractivity contribution in [2.75, 3.05) is 12.4 Å². The first-order chi connectivity index (χ1) is 18.0. The summed E-state index contributed by atoms with van der Waals surface area (Å²) in [6, 6.07) is 9.87. The van der Waals surface area contributed by atoms with Gasteiger partial charge in [0.2, 0.25) is 0 Å². The van der Waals surface area contributed by atoms with Crippen LogP contribution in [0.15, 0.2) is 42.7 Å². The topological polar surface area (TPSA) is 110 Å². The van der Waals surface area contributed by atoms with E-state index in [4.69, 9.17) is 4.74 Å². The van der Waals surface area contributed by atoms with Crippen LogP contribution in [0, 0.1) is 13.8 Å². The number of amides is 1. The number of hydrogen-bond acceptors (Lipinski definition) is 6. The molecule has 0 aliphatic carbocycles. The van der Waals surface area contributed by atoms with E-state index in [2.05, 4.69) is 65.8 Å². The molecular weight excluding hydrogens is 478 g/mol. The minimum Gasteiger partial charge on any atom is -0.496 e. The molecule has 0 aliphatic heterocycles. The van der Waals surface area contributed by atoms with Crippen LogP contribution in [-0.4, -0.2) is 44.3 Å². The lowest BCUT2D eigenvalue weighted by atomic mass is 9.84. The fourth-order valence-electron chi connectivity index (χ4n) is 4.32. The minimum absolute atomic E-state index is 0.173. The van der Waals surface area contributed by atoms with Gasteiger partial charge in [-0.15, -0.1) is 5.10 Å². The number of aromatic nitrogens is 5. The van der Waals surface area contributed by atoms with Gasteiger partial charge in [-0.25, -0.2) is 4.68 Å². The van der Waals surface area contributed by atoms with Crippen LogP contribution in [-0.2, 0) is 12.0 Å². The lowest BCUT2D eigenvalue weighted by Gasteiger charge is -2.26. The number of benzene rings is 2. The zero-order chi connectivity index (χ0) is 27.6. The number of methoxy groups -OCH3 is 1. The molecule has 9 heteroatoms. The van der Waals surface area contributed by atoms with E-state index in [1.807, 2.05) is 50.4 Å². The molecule has 2 aromatic heterocycles. The molecule has 0 unspecified atom stereocenters. The van der Waals surface area contributed by atoms with Crippen molar-refractivity contribution in [1.82, 2.24) is 30.5 Å². The van der Waals surface area contributed by atoms with E-state index in [9.17, 15) is 4.79 Å². The normalized spacial score (nSPS) is 11.7. The molecule has 0 saturated carbocycles. The summed E-state index contributed by atoms with van der Waals surface area (Å²) in [5, 5.41) is 22.2. The molecule has 0 aliphatic rings. The zero-order valence-electron chi connectivity index (χ0n) is 23.4. The second kappa shape index (κ2) is 10.8. The monoisotopic (exact) mass is 515 g/mol. The van der Waals surface area contributed by atoms with Gasteiger partial charge in [0.15, 0.2) is 0 Å². The van der Waals surface area contributed by atoms with Gasteiger partial charge in [0.1, 0.15) is 11.4 Å². The summed E-state index contributed by atoms with van der Waals surface area (Å²) in [7, 11) is 1.69. The predicted molar refractivity (Wildman–Crippen MR) is 150 cm³/mol. The molecule has 0 radical (unpaired) electrons. The SMILES string of the molecule is COc1c(CNC(C)C)cc(NC(=O)c2ccc(C)c(-n3cc(-c4cn[nH]c4C)nn3)c2)cc1C(C)(C)C. The Labute approximate surface area is 224 Å². The molecule has 0 saturated heterocycles. The Morgan fingerprint density at radius 3 is 2.55 bits per heavy atom. The van der Waals surface area contributed by atoms with E-state index in [1.54, 1.807) is 18.0 Å². The Morgan fingerprint density at radius 2 is 1.92 bits per heavy atom. The van der Waals surface area contributed by atoms with Crippen LogP contribution in [0.25, 0.3) is 16.9 Å². The summed E-state index contributed by atoms with van der Waals surface area (Å²) in [6.07, 6.45) is 3.57. The average molecular weight is 516 g/mol. The first-order valence-electron chi connectivity index (χ1n) is 12.8. The number of anilines is 1. The van der Waals surface area contributed by atoms with Crippen molar-refractivity contribution in [3.63, 3.8) is 0 Å². The van der Waals surface area contributed by atoms with Crippen molar-refractivity contribution in [3.05, 3.63) is 70.7 Å². The van der Waals surface area contributed by atoms with Crippen LogP contribution in [0.2, 0.25) is 0 Å². The van der Waals surface area contributed by atoms with Crippen molar-refractivity contribution in [1.29, 1.82) is 0 Å². The fraction of sp³-hybridized carbons (Fsp3) is 0.379. The standard InChI is InChI=1S/C29H37N7O2/c1-17(2)30-14-21-11-22(13-24(27(21)38-8)29(5,6)7)32-28(37)20-10-9-18(3)26(12-20)36-16-25(34-35-36)23-15-31-33-19(23)4/h9-13,15-17,30H,14H2,1-8H3,(H,31,33)(H,32,37). The number of ether oxygens (including phenoxy) is 1. The number of rotatable bonds is 8. The van der Waals surface area contributed by atoms with Crippen LogP contribution >= 0.6 is 0 Å². The van der Waals surface area contributed by atoms with Gasteiger partial charge in [0.25, 0.3) is 5.91 Å². The third kappa shape index (κ3) is 5.78. The second-order valence-corrected chi connectivity index (χ2v) is 10.9. The fourth-order valence-corrected chi connectivity index (χ4v) is 4.32. The number of nitrogens with one attached hydrogen (secondary N) is 3. The van der Waals surface area contributed by atoms with E-state index in [0.29, 0.717) is 23.8 Å². The Bertz CT molecular complexity index is 1440. The van der Waals surface area contributed by atoms with Gasteiger partial charge in [-0.2, -0.15) is 5.10 Å². The molecule has 2 heterocycles. The maximum Gasteiger partial charge on any atom is 0.255 e. The van der Waals surface area contributed by atoms with E-state index in [0.717, 1.165) is 45.1 Å². The molecule has 1 amide bonds. The second-order valence-electron chi connectivity index (χ2n) is 10.9. The molecular formula is C29H37N7O2. The van der Waals surface area contributed by atoms with Gasteiger partial charge >= 0.3 is 0 Å². The highest BCUT2D eigenvalue weighted by atomic mass is 16.5. The van der Waals surface area contributed by atoms with Crippen molar-refractivity contribution in [2.24, 2.45) is 0 Å².